The fourth-order valence-corrected chi connectivity index (χ4v) is 2.86. The molecule has 7 nitrogen and oxygen atoms in total. The summed E-state index contributed by atoms with van der Waals surface area (Å²) in [5, 5.41) is 8.37. The number of Topliss-reactive ketones (excluding diaryl/α,β-unsaturated/α-hetero) is 1. The minimum atomic E-state index is -0.0408. The summed E-state index contributed by atoms with van der Waals surface area (Å²) in [4.78, 5) is 23.2. The average Bonchev–Trinajstić information content (AvgIpc) is 3.44. The van der Waals surface area contributed by atoms with Gasteiger partial charge in [-0.2, -0.15) is 0 Å². The fraction of sp³-hybridized carbons (Fsp3) is 0.0909. The lowest BCUT2D eigenvalue weighted by atomic mass is 10.1. The lowest BCUT2D eigenvalue weighted by Gasteiger charge is -2.11. The number of imidazole rings is 1. The Labute approximate surface area is 166 Å². The Balaban J connectivity index is 1.52. The van der Waals surface area contributed by atoms with E-state index in [0.717, 1.165) is 16.8 Å². The lowest BCUT2D eigenvalue weighted by molar-refractivity contribution is 0.101. The van der Waals surface area contributed by atoms with E-state index in [2.05, 4.69) is 15.0 Å². The molecule has 0 aliphatic carbocycles. The number of H-pyrrole nitrogens is 1. The smallest absolute Gasteiger partial charge is 0.214 e. The number of aromatic amines is 1. The maximum Gasteiger partial charge on any atom is 0.214 e. The van der Waals surface area contributed by atoms with Crippen LogP contribution < -0.4 is 0 Å². The molecule has 3 aromatic heterocycles. The first kappa shape index (κ1) is 18.4. The highest BCUT2D eigenvalue weighted by molar-refractivity contribution is 5.98. The van der Waals surface area contributed by atoms with Crippen molar-refractivity contribution in [3.8, 4) is 22.6 Å². The van der Waals surface area contributed by atoms with Crippen molar-refractivity contribution in [2.24, 2.45) is 0 Å². The number of rotatable bonds is 6. The molecular weight excluding hydrogens is 368 g/mol. The Hall–Kier alpha value is -4.00. The molecule has 7 heteroatoms. The molecule has 0 amide bonds. The van der Waals surface area contributed by atoms with Crippen molar-refractivity contribution in [1.82, 2.24) is 15.0 Å². The Bertz CT molecular complexity index is 1150. The van der Waals surface area contributed by atoms with Crippen molar-refractivity contribution >= 4 is 11.7 Å². The molecule has 0 saturated carbocycles. The summed E-state index contributed by atoms with van der Waals surface area (Å²) in [7, 11) is 0. The monoisotopic (exact) mass is 386 g/mol. The molecule has 0 unspecified atom stereocenters. The topological polar surface area (TPSA) is 105 Å². The van der Waals surface area contributed by atoms with E-state index < -0.39 is 0 Å². The summed E-state index contributed by atoms with van der Waals surface area (Å²) >= 11 is 0. The van der Waals surface area contributed by atoms with Gasteiger partial charge in [0.05, 0.1) is 29.4 Å². The number of aromatic nitrogens is 3. The molecule has 29 heavy (non-hydrogen) atoms. The zero-order chi connectivity index (χ0) is 20.2. The third-order valence-corrected chi connectivity index (χ3v) is 4.43. The van der Waals surface area contributed by atoms with Gasteiger partial charge in [0.25, 0.3) is 0 Å². The molecule has 0 aliphatic rings. The van der Waals surface area contributed by atoms with E-state index in [1.807, 2.05) is 30.3 Å². The largest absolute Gasteiger partial charge is 0.472 e. The number of benzene rings is 1. The number of nitrogens with zero attached hydrogens (tertiary/aromatic N) is 2. The highest BCUT2D eigenvalue weighted by Crippen LogP contribution is 2.26. The summed E-state index contributed by atoms with van der Waals surface area (Å²) in [6.07, 6.45) is 6.44. The molecule has 3 heterocycles. The third-order valence-electron chi connectivity index (χ3n) is 4.43. The van der Waals surface area contributed by atoms with Crippen LogP contribution in [0.1, 0.15) is 28.5 Å². The molecule has 2 N–H and O–H groups in total. The Kier molecular flexibility index (Phi) is 5.03. The van der Waals surface area contributed by atoms with Crippen LogP contribution >= 0.6 is 0 Å². The van der Waals surface area contributed by atoms with Crippen LogP contribution in [0.4, 0.5) is 0 Å². The van der Waals surface area contributed by atoms with Crippen molar-refractivity contribution in [2.75, 3.05) is 0 Å². The highest BCUT2D eigenvalue weighted by atomic mass is 16.5. The summed E-state index contributed by atoms with van der Waals surface area (Å²) in [6, 6.07) is 12.7. The first-order valence-corrected chi connectivity index (χ1v) is 8.96. The van der Waals surface area contributed by atoms with E-state index in [1.165, 1.54) is 13.1 Å². The van der Waals surface area contributed by atoms with Crippen LogP contribution in [0.25, 0.3) is 22.6 Å². The van der Waals surface area contributed by atoms with E-state index in [1.54, 1.807) is 30.9 Å². The molecule has 0 spiro atoms. The van der Waals surface area contributed by atoms with Crippen molar-refractivity contribution in [2.45, 2.75) is 13.5 Å². The van der Waals surface area contributed by atoms with Gasteiger partial charge in [0, 0.05) is 22.9 Å². The summed E-state index contributed by atoms with van der Waals surface area (Å²) in [5.74, 6) is 0.671. The van der Waals surface area contributed by atoms with Crippen LogP contribution in [0.2, 0.25) is 0 Å². The van der Waals surface area contributed by atoms with Gasteiger partial charge in [-0.05, 0) is 31.2 Å². The van der Waals surface area contributed by atoms with Crippen LogP contribution in [-0.4, -0.2) is 26.6 Å². The molecule has 144 valence electrons. The standard InChI is InChI=1S/C22H18N4O3/c1-14(27)15-6-7-17(24-10-15)13-29-21(23)19-5-3-2-4-18(19)20-11-25-22(26-20)16-8-9-28-12-16/h2-12,23H,13H2,1H3,(H,25,26). The summed E-state index contributed by atoms with van der Waals surface area (Å²) in [5.41, 5.74) is 4.24. The zero-order valence-electron chi connectivity index (χ0n) is 15.7. The van der Waals surface area contributed by atoms with Crippen LogP contribution in [0.5, 0.6) is 0 Å². The fourth-order valence-electron chi connectivity index (χ4n) is 2.86. The SMILES string of the molecule is CC(=O)c1ccc(COC(=N)c2ccccc2-c2cnc(-c3ccoc3)[nH]2)nc1. The van der Waals surface area contributed by atoms with E-state index in [-0.39, 0.29) is 18.3 Å². The van der Waals surface area contributed by atoms with Crippen molar-refractivity contribution in [1.29, 1.82) is 5.41 Å². The molecule has 0 saturated heterocycles. The van der Waals surface area contributed by atoms with Crippen molar-refractivity contribution in [3.05, 3.63) is 84.2 Å². The number of ketones is 1. The Morgan fingerprint density at radius 2 is 2.00 bits per heavy atom. The van der Waals surface area contributed by atoms with Gasteiger partial charge < -0.3 is 14.1 Å². The number of hydrogen-bond donors (Lipinski definition) is 2. The predicted octanol–water partition coefficient (Wildman–Crippen LogP) is 4.48. The van der Waals surface area contributed by atoms with Gasteiger partial charge in [-0.3, -0.25) is 15.2 Å². The minimum absolute atomic E-state index is 0.0255. The van der Waals surface area contributed by atoms with Gasteiger partial charge in [0.1, 0.15) is 18.7 Å². The molecule has 0 aliphatic heterocycles. The van der Waals surface area contributed by atoms with Crippen LogP contribution in [0, 0.1) is 5.41 Å². The van der Waals surface area contributed by atoms with Crippen LogP contribution in [0.15, 0.2) is 71.8 Å². The molecule has 0 atom stereocenters. The molecule has 4 rings (SSSR count). The molecule has 0 radical (unpaired) electrons. The van der Waals surface area contributed by atoms with Gasteiger partial charge in [0.15, 0.2) is 5.78 Å². The number of furan rings is 1. The second kappa shape index (κ2) is 7.93. The molecular formula is C22H18N4O3. The quantitative estimate of drug-likeness (QED) is 0.289. The number of pyridine rings is 1. The third kappa shape index (κ3) is 3.98. The van der Waals surface area contributed by atoms with E-state index >= 15 is 0 Å². The normalized spacial score (nSPS) is 10.7. The van der Waals surface area contributed by atoms with Gasteiger partial charge >= 0.3 is 0 Å². The number of ether oxygens (including phenoxy) is 1. The van der Waals surface area contributed by atoms with Crippen LogP contribution in [-0.2, 0) is 11.3 Å². The van der Waals surface area contributed by atoms with E-state index in [4.69, 9.17) is 14.6 Å². The number of carbonyl (C=O) groups excluding carboxylic acids is 1. The van der Waals surface area contributed by atoms with Crippen molar-refractivity contribution < 1.29 is 13.9 Å². The first-order chi connectivity index (χ1) is 14.1. The van der Waals surface area contributed by atoms with Crippen LogP contribution in [0.3, 0.4) is 0 Å². The zero-order valence-corrected chi connectivity index (χ0v) is 15.7. The van der Waals surface area contributed by atoms with Gasteiger partial charge in [-0.15, -0.1) is 0 Å². The minimum Gasteiger partial charge on any atom is -0.472 e. The second-order valence-electron chi connectivity index (χ2n) is 6.42. The van der Waals surface area contributed by atoms with E-state index in [9.17, 15) is 4.79 Å². The first-order valence-electron chi connectivity index (χ1n) is 8.96. The highest BCUT2D eigenvalue weighted by Gasteiger charge is 2.14. The molecule has 0 bridgehead atoms. The van der Waals surface area contributed by atoms with Crippen molar-refractivity contribution in [3.63, 3.8) is 0 Å². The predicted molar refractivity (Wildman–Crippen MR) is 108 cm³/mol. The van der Waals surface area contributed by atoms with Gasteiger partial charge in [0.2, 0.25) is 5.90 Å². The number of hydrogen-bond acceptors (Lipinski definition) is 6. The van der Waals surface area contributed by atoms with Gasteiger partial charge in [-0.1, -0.05) is 18.2 Å². The maximum absolute atomic E-state index is 11.3. The second-order valence-corrected chi connectivity index (χ2v) is 6.42. The number of carbonyl (C=O) groups is 1. The molecule has 1 aromatic carbocycles. The summed E-state index contributed by atoms with van der Waals surface area (Å²) < 4.78 is 10.7. The lowest BCUT2D eigenvalue weighted by Crippen LogP contribution is -2.08. The molecule has 4 aromatic rings. The summed E-state index contributed by atoms with van der Waals surface area (Å²) in [6.45, 7) is 1.63. The maximum atomic E-state index is 11.3. The van der Waals surface area contributed by atoms with E-state index in [0.29, 0.717) is 22.6 Å². The molecule has 0 fully saturated rings. The Morgan fingerprint density at radius 3 is 2.72 bits per heavy atom. The average molecular weight is 386 g/mol. The van der Waals surface area contributed by atoms with Gasteiger partial charge in [-0.25, -0.2) is 4.98 Å². The Morgan fingerprint density at radius 1 is 1.14 bits per heavy atom. The number of nitrogens with one attached hydrogen (secondary N) is 2.